The molecule has 5 heteroatoms. The highest BCUT2D eigenvalue weighted by molar-refractivity contribution is 5.95. The van der Waals surface area contributed by atoms with Gasteiger partial charge in [-0.2, -0.15) is 0 Å². The SMILES string of the molecule is CCN(C[C@H](C)O)C(=O)CC1CC(=O)Nc2ccccc21. The number of hydrogen-bond donors (Lipinski definition) is 2. The average molecular weight is 290 g/mol. The minimum atomic E-state index is -0.546. The number of amides is 2. The van der Waals surface area contributed by atoms with Crippen LogP contribution in [0.5, 0.6) is 0 Å². The predicted molar refractivity (Wildman–Crippen MR) is 81.0 cm³/mol. The topological polar surface area (TPSA) is 69.6 Å². The monoisotopic (exact) mass is 290 g/mol. The van der Waals surface area contributed by atoms with E-state index in [4.69, 9.17) is 0 Å². The molecule has 1 heterocycles. The molecule has 1 aromatic carbocycles. The fraction of sp³-hybridized carbons (Fsp3) is 0.500. The molecule has 2 atom stereocenters. The lowest BCUT2D eigenvalue weighted by Crippen LogP contribution is -2.37. The molecule has 1 aliphatic rings. The molecule has 0 aromatic heterocycles. The molecule has 0 saturated carbocycles. The number of carbonyl (C=O) groups excluding carboxylic acids is 2. The van der Waals surface area contributed by atoms with Crippen molar-refractivity contribution in [2.75, 3.05) is 18.4 Å². The molecular formula is C16H22N2O3. The third-order valence-electron chi connectivity index (χ3n) is 3.75. The number of nitrogens with one attached hydrogen (secondary N) is 1. The van der Waals surface area contributed by atoms with Gasteiger partial charge in [-0.3, -0.25) is 9.59 Å². The summed E-state index contributed by atoms with van der Waals surface area (Å²) in [5.41, 5.74) is 1.81. The van der Waals surface area contributed by atoms with Gasteiger partial charge in [0.2, 0.25) is 11.8 Å². The molecule has 1 aromatic rings. The molecule has 21 heavy (non-hydrogen) atoms. The molecule has 114 valence electrons. The number of anilines is 1. The standard InChI is InChI=1S/C16H22N2O3/c1-3-18(10-11(2)19)16(21)9-12-8-15(20)17-14-7-5-4-6-13(12)14/h4-7,11-12,19H,3,8-10H2,1-2H3,(H,17,20)/t11-,12?/m0/s1. The van der Waals surface area contributed by atoms with Crippen LogP contribution < -0.4 is 5.32 Å². The second-order valence-corrected chi connectivity index (χ2v) is 5.52. The van der Waals surface area contributed by atoms with Crippen LogP contribution in [0.25, 0.3) is 0 Å². The smallest absolute Gasteiger partial charge is 0.225 e. The lowest BCUT2D eigenvalue weighted by Gasteiger charge is -2.28. The van der Waals surface area contributed by atoms with E-state index >= 15 is 0 Å². The number of aliphatic hydroxyl groups excluding tert-OH is 1. The van der Waals surface area contributed by atoms with Crippen LogP contribution >= 0.6 is 0 Å². The van der Waals surface area contributed by atoms with Crippen LogP contribution in [0.2, 0.25) is 0 Å². The Bertz CT molecular complexity index is 528. The number of para-hydroxylation sites is 1. The van der Waals surface area contributed by atoms with E-state index in [0.717, 1.165) is 11.3 Å². The van der Waals surface area contributed by atoms with Crippen molar-refractivity contribution >= 4 is 17.5 Å². The van der Waals surface area contributed by atoms with Gasteiger partial charge in [-0.1, -0.05) is 18.2 Å². The summed E-state index contributed by atoms with van der Waals surface area (Å²) in [6.45, 7) is 4.45. The quantitative estimate of drug-likeness (QED) is 0.867. The van der Waals surface area contributed by atoms with Gasteiger partial charge in [-0.25, -0.2) is 0 Å². The Morgan fingerprint density at radius 2 is 2.19 bits per heavy atom. The van der Waals surface area contributed by atoms with E-state index in [1.807, 2.05) is 31.2 Å². The summed E-state index contributed by atoms with van der Waals surface area (Å²) in [6.07, 6.45) is 0.0795. The van der Waals surface area contributed by atoms with Crippen molar-refractivity contribution in [3.63, 3.8) is 0 Å². The lowest BCUT2D eigenvalue weighted by molar-refractivity contribution is -0.132. The first kappa shape index (κ1) is 15.5. The van der Waals surface area contributed by atoms with Gasteiger partial charge >= 0.3 is 0 Å². The van der Waals surface area contributed by atoms with Crippen molar-refractivity contribution in [3.05, 3.63) is 29.8 Å². The molecule has 5 nitrogen and oxygen atoms in total. The first-order valence-corrected chi connectivity index (χ1v) is 7.35. The Labute approximate surface area is 125 Å². The number of rotatable bonds is 5. The summed E-state index contributed by atoms with van der Waals surface area (Å²) < 4.78 is 0. The minimum Gasteiger partial charge on any atom is -0.392 e. The minimum absolute atomic E-state index is 0.0205. The molecule has 1 aliphatic heterocycles. The number of carbonyl (C=O) groups is 2. The van der Waals surface area contributed by atoms with Gasteiger partial charge in [0.25, 0.3) is 0 Å². The zero-order valence-electron chi connectivity index (χ0n) is 12.5. The maximum absolute atomic E-state index is 12.4. The number of hydrogen-bond acceptors (Lipinski definition) is 3. The summed E-state index contributed by atoms with van der Waals surface area (Å²) in [5.74, 6) is -0.163. The summed E-state index contributed by atoms with van der Waals surface area (Å²) >= 11 is 0. The first-order valence-electron chi connectivity index (χ1n) is 7.35. The van der Waals surface area contributed by atoms with Crippen molar-refractivity contribution < 1.29 is 14.7 Å². The third-order valence-corrected chi connectivity index (χ3v) is 3.75. The lowest BCUT2D eigenvalue weighted by atomic mass is 9.87. The van der Waals surface area contributed by atoms with Crippen LogP contribution in [0.3, 0.4) is 0 Å². The van der Waals surface area contributed by atoms with Gasteiger partial charge in [0.05, 0.1) is 6.10 Å². The highest BCUT2D eigenvalue weighted by Crippen LogP contribution is 2.34. The van der Waals surface area contributed by atoms with Crippen molar-refractivity contribution in [3.8, 4) is 0 Å². The maximum atomic E-state index is 12.4. The van der Waals surface area contributed by atoms with E-state index in [9.17, 15) is 14.7 Å². The van der Waals surface area contributed by atoms with Crippen LogP contribution in [0.15, 0.2) is 24.3 Å². The number of likely N-dealkylation sites (N-methyl/N-ethyl adjacent to an activating group) is 1. The fourth-order valence-corrected chi connectivity index (χ4v) is 2.75. The molecule has 0 saturated heterocycles. The maximum Gasteiger partial charge on any atom is 0.225 e. The van der Waals surface area contributed by atoms with Crippen LogP contribution in [0.1, 0.15) is 38.2 Å². The van der Waals surface area contributed by atoms with Gasteiger partial charge in [-0.05, 0) is 25.5 Å². The highest BCUT2D eigenvalue weighted by Gasteiger charge is 2.28. The number of nitrogens with zero attached hydrogens (tertiary/aromatic N) is 1. The largest absolute Gasteiger partial charge is 0.392 e. The second-order valence-electron chi connectivity index (χ2n) is 5.52. The third kappa shape index (κ3) is 3.82. The Morgan fingerprint density at radius 1 is 1.48 bits per heavy atom. The molecule has 0 fully saturated rings. The van der Waals surface area contributed by atoms with E-state index in [2.05, 4.69) is 5.32 Å². The van der Waals surface area contributed by atoms with Gasteiger partial charge < -0.3 is 15.3 Å². The number of fused-ring (bicyclic) bond motifs is 1. The van der Waals surface area contributed by atoms with E-state index in [1.165, 1.54) is 0 Å². The molecule has 0 aliphatic carbocycles. The van der Waals surface area contributed by atoms with Gasteiger partial charge in [-0.15, -0.1) is 0 Å². The van der Waals surface area contributed by atoms with Crippen LogP contribution in [-0.4, -0.2) is 41.0 Å². The fourth-order valence-electron chi connectivity index (χ4n) is 2.75. The van der Waals surface area contributed by atoms with Crippen molar-refractivity contribution in [2.45, 2.75) is 38.7 Å². The molecule has 0 bridgehead atoms. The Balaban J connectivity index is 2.12. The average Bonchev–Trinajstić information content (AvgIpc) is 2.44. The van der Waals surface area contributed by atoms with E-state index in [-0.39, 0.29) is 17.7 Å². The highest BCUT2D eigenvalue weighted by atomic mass is 16.3. The summed E-state index contributed by atoms with van der Waals surface area (Å²) in [7, 11) is 0. The second kappa shape index (κ2) is 6.72. The van der Waals surface area contributed by atoms with Crippen LogP contribution in [0, 0.1) is 0 Å². The molecule has 1 unspecified atom stereocenters. The normalized spacial score (nSPS) is 18.6. The molecule has 2 N–H and O–H groups in total. The Kier molecular flexibility index (Phi) is 4.96. The molecule has 2 amide bonds. The molecule has 0 radical (unpaired) electrons. The molecular weight excluding hydrogens is 268 g/mol. The van der Waals surface area contributed by atoms with Gasteiger partial charge in [0.15, 0.2) is 0 Å². The Hall–Kier alpha value is -1.88. The molecule has 0 spiro atoms. The summed E-state index contributed by atoms with van der Waals surface area (Å²) in [5, 5.41) is 12.3. The van der Waals surface area contributed by atoms with E-state index < -0.39 is 6.10 Å². The number of benzene rings is 1. The zero-order chi connectivity index (χ0) is 15.4. The van der Waals surface area contributed by atoms with Crippen molar-refractivity contribution in [2.24, 2.45) is 0 Å². The van der Waals surface area contributed by atoms with Gasteiger partial charge in [0, 0.05) is 37.5 Å². The Morgan fingerprint density at radius 3 is 2.86 bits per heavy atom. The summed E-state index contributed by atoms with van der Waals surface area (Å²) in [6, 6.07) is 7.60. The van der Waals surface area contributed by atoms with Crippen molar-refractivity contribution in [1.82, 2.24) is 4.90 Å². The van der Waals surface area contributed by atoms with E-state index in [1.54, 1.807) is 11.8 Å². The first-order chi connectivity index (χ1) is 10.0. The predicted octanol–water partition coefficient (Wildman–Crippen LogP) is 1.73. The number of aliphatic hydroxyl groups is 1. The van der Waals surface area contributed by atoms with Crippen LogP contribution in [-0.2, 0) is 9.59 Å². The summed E-state index contributed by atoms with van der Waals surface area (Å²) in [4.78, 5) is 25.8. The van der Waals surface area contributed by atoms with Gasteiger partial charge in [0.1, 0.15) is 0 Å². The molecule has 2 rings (SSSR count). The van der Waals surface area contributed by atoms with Crippen molar-refractivity contribution in [1.29, 1.82) is 0 Å². The zero-order valence-corrected chi connectivity index (χ0v) is 12.5. The van der Waals surface area contributed by atoms with E-state index in [0.29, 0.717) is 25.9 Å². The van der Waals surface area contributed by atoms with Crippen LogP contribution in [0.4, 0.5) is 5.69 Å².